The average molecular weight is 475 g/mol. The third kappa shape index (κ3) is 7.24. The van der Waals surface area contributed by atoms with Crippen LogP contribution in [0.15, 0.2) is 22.3 Å². The number of carbonyl (C=O) groups excluding carboxylic acids is 4. The van der Waals surface area contributed by atoms with E-state index in [-0.39, 0.29) is 36.3 Å². The molecule has 3 rings (SSSR count). The first-order chi connectivity index (χ1) is 16.3. The van der Waals surface area contributed by atoms with E-state index in [9.17, 15) is 19.2 Å². The standard InChI is InChI=1S/C25H38N4O5/c1-15-16(2)23(31)19(17(3)22(15)30)7-6-14-34-25(33)27-13-4-8-20(24(32)28-18-10-11-18)29-21-9-5-12-26-21/h18,20-21,26,29H,4-14H2,1-3H3,(H,27,33)(H,28,32)/t20?,21-/m0/s1. The molecule has 0 aromatic rings. The van der Waals surface area contributed by atoms with Crippen LogP contribution in [0.5, 0.6) is 0 Å². The molecule has 0 radical (unpaired) electrons. The Labute approximate surface area is 201 Å². The van der Waals surface area contributed by atoms with E-state index in [0.29, 0.717) is 60.6 Å². The highest BCUT2D eigenvalue weighted by atomic mass is 16.5. The van der Waals surface area contributed by atoms with Gasteiger partial charge in [-0.25, -0.2) is 4.79 Å². The highest BCUT2D eigenvalue weighted by Crippen LogP contribution is 2.26. The number of hydrogen-bond acceptors (Lipinski definition) is 7. The van der Waals surface area contributed by atoms with Gasteiger partial charge in [0.15, 0.2) is 11.6 Å². The Hall–Kier alpha value is -2.52. The molecule has 1 saturated heterocycles. The molecule has 1 saturated carbocycles. The van der Waals surface area contributed by atoms with E-state index in [2.05, 4.69) is 21.3 Å². The second kappa shape index (κ2) is 12.3. The van der Waals surface area contributed by atoms with Gasteiger partial charge < -0.3 is 20.7 Å². The van der Waals surface area contributed by atoms with Crippen LogP contribution in [0.4, 0.5) is 4.79 Å². The van der Waals surface area contributed by atoms with E-state index in [0.717, 1.165) is 32.2 Å². The van der Waals surface area contributed by atoms with Gasteiger partial charge in [-0.3, -0.25) is 19.7 Å². The molecule has 0 aromatic heterocycles. The van der Waals surface area contributed by atoms with Crippen LogP contribution in [0.25, 0.3) is 0 Å². The molecule has 2 aliphatic carbocycles. The Morgan fingerprint density at radius 3 is 2.44 bits per heavy atom. The van der Waals surface area contributed by atoms with Crippen molar-refractivity contribution < 1.29 is 23.9 Å². The number of Topliss-reactive ketones (excluding diaryl/α,β-unsaturated/α-hetero) is 2. The number of carbonyl (C=O) groups is 4. The minimum absolute atomic E-state index is 0.0272. The lowest BCUT2D eigenvalue weighted by Crippen LogP contribution is -2.51. The molecule has 0 aromatic carbocycles. The van der Waals surface area contributed by atoms with Crippen molar-refractivity contribution in [2.75, 3.05) is 19.7 Å². The highest BCUT2D eigenvalue weighted by molar-refractivity contribution is 6.24. The summed E-state index contributed by atoms with van der Waals surface area (Å²) in [6.45, 7) is 6.55. The van der Waals surface area contributed by atoms with E-state index in [1.165, 1.54) is 0 Å². The molecule has 34 heavy (non-hydrogen) atoms. The minimum atomic E-state index is -0.520. The Balaban J connectivity index is 1.33. The molecule has 9 nitrogen and oxygen atoms in total. The fourth-order valence-electron chi connectivity index (χ4n) is 4.31. The van der Waals surface area contributed by atoms with Gasteiger partial charge in [-0.05, 0) is 78.7 Å². The highest BCUT2D eigenvalue weighted by Gasteiger charge is 2.29. The maximum absolute atomic E-state index is 12.6. The van der Waals surface area contributed by atoms with Crippen LogP contribution in [0.3, 0.4) is 0 Å². The van der Waals surface area contributed by atoms with Gasteiger partial charge >= 0.3 is 6.09 Å². The first-order valence-electron chi connectivity index (χ1n) is 12.4. The first kappa shape index (κ1) is 26.1. The zero-order chi connectivity index (χ0) is 24.7. The Morgan fingerprint density at radius 2 is 1.76 bits per heavy atom. The third-order valence-corrected chi connectivity index (χ3v) is 6.76. The molecule has 0 spiro atoms. The van der Waals surface area contributed by atoms with Crippen LogP contribution in [-0.2, 0) is 19.1 Å². The van der Waals surface area contributed by atoms with Crippen molar-refractivity contribution in [3.05, 3.63) is 22.3 Å². The number of ketones is 2. The van der Waals surface area contributed by atoms with E-state index in [1.54, 1.807) is 20.8 Å². The van der Waals surface area contributed by atoms with Crippen molar-refractivity contribution >= 4 is 23.6 Å². The topological polar surface area (TPSA) is 126 Å². The van der Waals surface area contributed by atoms with E-state index >= 15 is 0 Å². The molecule has 1 unspecified atom stereocenters. The van der Waals surface area contributed by atoms with Crippen LogP contribution in [0, 0.1) is 0 Å². The van der Waals surface area contributed by atoms with Gasteiger partial charge in [0.05, 0.1) is 18.8 Å². The lowest BCUT2D eigenvalue weighted by molar-refractivity contribution is -0.123. The molecule has 188 valence electrons. The van der Waals surface area contributed by atoms with Gasteiger partial charge in [-0.1, -0.05) is 0 Å². The normalized spacial score (nSPS) is 21.7. The molecule has 3 aliphatic rings. The maximum atomic E-state index is 12.6. The smallest absolute Gasteiger partial charge is 0.407 e. The molecule has 1 aliphatic heterocycles. The molecule has 1 heterocycles. The van der Waals surface area contributed by atoms with E-state index in [1.807, 2.05) is 0 Å². The Bertz CT molecular complexity index is 869. The van der Waals surface area contributed by atoms with Crippen LogP contribution >= 0.6 is 0 Å². The number of amides is 2. The molecule has 0 bridgehead atoms. The summed E-state index contributed by atoms with van der Waals surface area (Å²) in [6.07, 6.45) is 5.95. The van der Waals surface area contributed by atoms with Crippen molar-refractivity contribution in [3.8, 4) is 0 Å². The number of hydrogen-bond donors (Lipinski definition) is 4. The number of nitrogens with one attached hydrogen (secondary N) is 4. The van der Waals surface area contributed by atoms with Crippen LogP contribution in [-0.4, -0.2) is 61.5 Å². The minimum Gasteiger partial charge on any atom is -0.450 e. The van der Waals surface area contributed by atoms with Gasteiger partial charge in [0.25, 0.3) is 0 Å². The van der Waals surface area contributed by atoms with Gasteiger partial charge in [0, 0.05) is 34.9 Å². The summed E-state index contributed by atoms with van der Waals surface area (Å²) in [7, 11) is 0. The summed E-state index contributed by atoms with van der Waals surface area (Å²) in [6, 6.07) is 0.0226. The largest absolute Gasteiger partial charge is 0.450 e. The van der Waals surface area contributed by atoms with Gasteiger partial charge in [0.1, 0.15) is 0 Å². The molecule has 2 fully saturated rings. The van der Waals surface area contributed by atoms with E-state index in [4.69, 9.17) is 4.74 Å². The van der Waals surface area contributed by atoms with Gasteiger partial charge in [0.2, 0.25) is 5.91 Å². The summed E-state index contributed by atoms with van der Waals surface area (Å²) in [4.78, 5) is 49.2. The molecular weight excluding hydrogens is 436 g/mol. The zero-order valence-electron chi connectivity index (χ0n) is 20.6. The van der Waals surface area contributed by atoms with Crippen molar-refractivity contribution in [2.45, 2.75) is 90.4 Å². The van der Waals surface area contributed by atoms with Crippen LogP contribution in [0.2, 0.25) is 0 Å². The summed E-state index contributed by atoms with van der Waals surface area (Å²) in [5, 5.41) is 12.5. The molecule has 2 atom stereocenters. The van der Waals surface area contributed by atoms with Crippen molar-refractivity contribution in [3.63, 3.8) is 0 Å². The predicted molar refractivity (Wildman–Crippen MR) is 128 cm³/mol. The lowest BCUT2D eigenvalue weighted by atomic mass is 9.84. The monoisotopic (exact) mass is 474 g/mol. The lowest BCUT2D eigenvalue weighted by Gasteiger charge is -2.22. The Morgan fingerprint density at radius 1 is 1.03 bits per heavy atom. The van der Waals surface area contributed by atoms with Gasteiger partial charge in [-0.2, -0.15) is 0 Å². The summed E-state index contributed by atoms with van der Waals surface area (Å²) in [5.74, 6) is -0.159. The molecular formula is C25H38N4O5. The second-order valence-corrected chi connectivity index (χ2v) is 9.47. The van der Waals surface area contributed by atoms with Gasteiger partial charge in [-0.15, -0.1) is 0 Å². The van der Waals surface area contributed by atoms with Crippen LogP contribution in [0.1, 0.15) is 72.1 Å². The summed E-state index contributed by atoms with van der Waals surface area (Å²) < 4.78 is 5.22. The predicted octanol–water partition coefficient (Wildman–Crippen LogP) is 2.02. The number of allylic oxidation sites excluding steroid dienone is 4. The number of ether oxygens (including phenoxy) is 1. The van der Waals surface area contributed by atoms with Crippen molar-refractivity contribution in [1.82, 2.24) is 21.3 Å². The Kier molecular flexibility index (Phi) is 9.41. The quantitative estimate of drug-likeness (QED) is 0.252. The second-order valence-electron chi connectivity index (χ2n) is 9.47. The van der Waals surface area contributed by atoms with Crippen molar-refractivity contribution in [2.24, 2.45) is 0 Å². The SMILES string of the molecule is CC1=C(C)C(=O)C(CCCOC(=O)NCCCC(N[C@H]2CCCN2)C(=O)NC2CC2)=C(C)C1=O. The molecule has 9 heteroatoms. The number of alkyl carbamates (subject to hydrolysis) is 1. The fraction of sp³-hybridized carbons (Fsp3) is 0.680. The summed E-state index contributed by atoms with van der Waals surface area (Å²) >= 11 is 0. The number of rotatable bonds is 12. The third-order valence-electron chi connectivity index (χ3n) is 6.76. The maximum Gasteiger partial charge on any atom is 0.407 e. The average Bonchev–Trinajstić information content (AvgIpc) is 3.48. The summed E-state index contributed by atoms with van der Waals surface area (Å²) in [5.41, 5.74) is 1.99. The van der Waals surface area contributed by atoms with Crippen molar-refractivity contribution in [1.29, 1.82) is 0 Å². The first-order valence-corrected chi connectivity index (χ1v) is 12.4. The molecule has 2 amide bonds. The fourth-order valence-corrected chi connectivity index (χ4v) is 4.31. The van der Waals surface area contributed by atoms with E-state index < -0.39 is 6.09 Å². The van der Waals surface area contributed by atoms with Crippen LogP contribution < -0.4 is 21.3 Å². The molecule has 4 N–H and O–H groups in total. The zero-order valence-corrected chi connectivity index (χ0v) is 20.6.